The maximum absolute atomic E-state index is 13.9. The van der Waals surface area contributed by atoms with Gasteiger partial charge in [-0.05, 0) is 56.2 Å². The Morgan fingerprint density at radius 1 is 0.921 bits per heavy atom. The van der Waals surface area contributed by atoms with Crippen molar-refractivity contribution in [1.29, 1.82) is 0 Å². The molecule has 0 bridgehead atoms. The third-order valence-corrected chi connectivity index (χ3v) is 8.58. The summed E-state index contributed by atoms with van der Waals surface area (Å²) in [5.74, 6) is -0.945. The molecule has 0 unspecified atom stereocenters. The van der Waals surface area contributed by atoms with Crippen LogP contribution in [0.4, 0.5) is 5.69 Å². The van der Waals surface area contributed by atoms with Gasteiger partial charge in [0.15, 0.2) is 0 Å². The highest BCUT2D eigenvalue weighted by atomic mass is 35.5. The lowest BCUT2D eigenvalue weighted by Crippen LogP contribution is -2.51. The van der Waals surface area contributed by atoms with E-state index in [4.69, 9.17) is 23.2 Å². The number of hydrogen-bond acceptors (Lipinski definition) is 4. The van der Waals surface area contributed by atoms with Crippen LogP contribution < -0.4 is 9.62 Å². The van der Waals surface area contributed by atoms with Gasteiger partial charge in [0.2, 0.25) is 11.8 Å². The SMILES string of the molecule is CCCNC(=O)[C@@H](C)N(Cc1c(Cl)cccc1Cl)C(=O)CN(c1ccccc1C)S(=O)(=O)c1ccccc1. The van der Waals surface area contributed by atoms with Crippen molar-refractivity contribution in [2.45, 2.75) is 44.7 Å². The van der Waals surface area contributed by atoms with Gasteiger partial charge in [0.05, 0.1) is 10.6 Å². The van der Waals surface area contributed by atoms with Crippen molar-refractivity contribution < 1.29 is 18.0 Å². The molecule has 202 valence electrons. The third-order valence-electron chi connectivity index (χ3n) is 6.10. The van der Waals surface area contributed by atoms with Gasteiger partial charge in [-0.1, -0.05) is 72.6 Å². The minimum atomic E-state index is -4.12. The second-order valence-electron chi connectivity index (χ2n) is 8.80. The number of carbonyl (C=O) groups excluding carboxylic acids is 2. The molecule has 0 aliphatic heterocycles. The number of hydrogen-bond donors (Lipinski definition) is 1. The predicted octanol–water partition coefficient (Wildman–Crippen LogP) is 5.44. The minimum absolute atomic E-state index is 0.0467. The Morgan fingerprint density at radius 3 is 2.13 bits per heavy atom. The quantitative estimate of drug-likeness (QED) is 0.330. The molecule has 2 amide bonds. The van der Waals surface area contributed by atoms with Crippen LogP contribution in [-0.4, -0.2) is 44.3 Å². The highest BCUT2D eigenvalue weighted by Gasteiger charge is 2.33. The summed E-state index contributed by atoms with van der Waals surface area (Å²) < 4.78 is 28.7. The van der Waals surface area contributed by atoms with E-state index < -0.39 is 28.5 Å². The molecule has 38 heavy (non-hydrogen) atoms. The molecule has 3 rings (SSSR count). The number of carbonyl (C=O) groups is 2. The van der Waals surface area contributed by atoms with Gasteiger partial charge >= 0.3 is 0 Å². The summed E-state index contributed by atoms with van der Waals surface area (Å²) in [4.78, 5) is 28.2. The van der Waals surface area contributed by atoms with Crippen molar-refractivity contribution in [3.63, 3.8) is 0 Å². The second kappa shape index (κ2) is 13.1. The lowest BCUT2D eigenvalue weighted by atomic mass is 10.1. The van der Waals surface area contributed by atoms with Crippen LogP contribution in [0.25, 0.3) is 0 Å². The van der Waals surface area contributed by atoms with Crippen LogP contribution in [0.15, 0.2) is 77.7 Å². The fourth-order valence-electron chi connectivity index (χ4n) is 3.91. The molecule has 0 heterocycles. The zero-order chi connectivity index (χ0) is 27.9. The van der Waals surface area contributed by atoms with E-state index in [-0.39, 0.29) is 17.3 Å². The fraction of sp³-hybridized carbons (Fsp3) is 0.286. The summed E-state index contributed by atoms with van der Waals surface area (Å²) in [6.07, 6.45) is 0.721. The zero-order valence-corrected chi connectivity index (χ0v) is 23.9. The van der Waals surface area contributed by atoms with Gasteiger partial charge in [-0.2, -0.15) is 0 Å². The summed E-state index contributed by atoms with van der Waals surface area (Å²) in [7, 11) is -4.12. The van der Waals surface area contributed by atoms with Crippen LogP contribution in [0.2, 0.25) is 10.0 Å². The highest BCUT2D eigenvalue weighted by Crippen LogP contribution is 2.29. The van der Waals surface area contributed by atoms with E-state index in [9.17, 15) is 18.0 Å². The Bertz CT molecular complexity index is 1360. The molecule has 3 aromatic rings. The highest BCUT2D eigenvalue weighted by molar-refractivity contribution is 7.92. The first-order valence-electron chi connectivity index (χ1n) is 12.2. The Morgan fingerprint density at radius 2 is 1.53 bits per heavy atom. The molecule has 10 heteroatoms. The first-order valence-corrected chi connectivity index (χ1v) is 14.4. The molecule has 1 atom stereocenters. The first-order chi connectivity index (χ1) is 18.1. The van der Waals surface area contributed by atoms with Crippen molar-refractivity contribution in [2.75, 3.05) is 17.4 Å². The Hall–Kier alpha value is -3.07. The number of halogens is 2. The molecule has 0 aliphatic rings. The molecule has 1 N–H and O–H groups in total. The Labute approximate surface area is 234 Å². The van der Waals surface area contributed by atoms with Gasteiger partial charge in [-0.3, -0.25) is 13.9 Å². The van der Waals surface area contributed by atoms with Crippen LogP contribution in [0.1, 0.15) is 31.4 Å². The molecule has 0 radical (unpaired) electrons. The number of nitrogens with zero attached hydrogens (tertiary/aromatic N) is 2. The monoisotopic (exact) mass is 575 g/mol. The standard InChI is InChI=1S/C28H31Cl2N3O4S/c1-4-17-31-28(35)21(3)32(18-23-24(29)14-10-15-25(23)30)27(34)19-33(26-16-9-8-11-20(26)2)38(36,37)22-12-6-5-7-13-22/h5-16,21H,4,17-19H2,1-3H3,(H,31,35)/t21-/m1/s1. The van der Waals surface area contributed by atoms with Gasteiger partial charge in [-0.15, -0.1) is 0 Å². The van der Waals surface area contributed by atoms with Crippen molar-refractivity contribution in [1.82, 2.24) is 10.2 Å². The topological polar surface area (TPSA) is 86.8 Å². The van der Waals surface area contributed by atoms with Gasteiger partial charge < -0.3 is 10.2 Å². The molecule has 3 aromatic carbocycles. The number of amides is 2. The lowest BCUT2D eigenvalue weighted by molar-refractivity contribution is -0.139. The van der Waals surface area contributed by atoms with E-state index in [2.05, 4.69) is 5.32 Å². The van der Waals surface area contributed by atoms with E-state index in [1.807, 2.05) is 6.92 Å². The number of anilines is 1. The number of aryl methyl sites for hydroxylation is 1. The van der Waals surface area contributed by atoms with Gasteiger partial charge in [0, 0.05) is 28.7 Å². The largest absolute Gasteiger partial charge is 0.354 e. The van der Waals surface area contributed by atoms with E-state index >= 15 is 0 Å². The van der Waals surface area contributed by atoms with E-state index in [1.165, 1.54) is 17.0 Å². The predicted molar refractivity (Wildman–Crippen MR) is 152 cm³/mol. The summed E-state index contributed by atoms with van der Waals surface area (Å²) in [6.45, 7) is 5.12. The van der Waals surface area contributed by atoms with Crippen molar-refractivity contribution >= 4 is 50.7 Å². The Balaban J connectivity index is 2.06. The molecular formula is C28H31Cl2N3O4S. The average molecular weight is 577 g/mol. The van der Waals surface area contributed by atoms with E-state index in [0.717, 1.165) is 10.7 Å². The number of rotatable bonds is 11. The van der Waals surface area contributed by atoms with Gasteiger partial charge in [-0.25, -0.2) is 8.42 Å². The molecule has 0 spiro atoms. The number of para-hydroxylation sites is 1. The van der Waals surface area contributed by atoms with Crippen LogP contribution in [0.5, 0.6) is 0 Å². The summed E-state index contributed by atoms with van der Waals surface area (Å²) in [5, 5.41) is 3.48. The number of benzene rings is 3. The molecule has 7 nitrogen and oxygen atoms in total. The summed E-state index contributed by atoms with van der Waals surface area (Å²) in [5.41, 5.74) is 1.51. The summed E-state index contributed by atoms with van der Waals surface area (Å²) >= 11 is 12.8. The summed E-state index contributed by atoms with van der Waals surface area (Å²) in [6, 6.07) is 18.9. The molecule has 0 aromatic heterocycles. The maximum atomic E-state index is 13.9. The van der Waals surface area contributed by atoms with Crippen LogP contribution in [0.3, 0.4) is 0 Å². The fourth-order valence-corrected chi connectivity index (χ4v) is 5.93. The van der Waals surface area contributed by atoms with Gasteiger partial charge in [0.1, 0.15) is 12.6 Å². The number of sulfonamides is 1. The minimum Gasteiger partial charge on any atom is -0.354 e. The molecule has 0 fully saturated rings. The van der Waals surface area contributed by atoms with E-state index in [1.54, 1.807) is 74.5 Å². The third kappa shape index (κ3) is 6.87. The molecule has 0 saturated carbocycles. The second-order valence-corrected chi connectivity index (χ2v) is 11.5. The zero-order valence-electron chi connectivity index (χ0n) is 21.5. The number of nitrogens with one attached hydrogen (secondary N) is 1. The average Bonchev–Trinajstić information content (AvgIpc) is 2.90. The first kappa shape index (κ1) is 29.5. The molecule has 0 saturated heterocycles. The molecule has 0 aliphatic carbocycles. The van der Waals surface area contributed by atoms with Crippen LogP contribution >= 0.6 is 23.2 Å². The van der Waals surface area contributed by atoms with Gasteiger partial charge in [0.25, 0.3) is 10.0 Å². The normalized spacial score (nSPS) is 12.0. The van der Waals surface area contributed by atoms with Crippen molar-refractivity contribution in [3.05, 3.63) is 94.0 Å². The van der Waals surface area contributed by atoms with E-state index in [0.29, 0.717) is 33.4 Å². The van der Waals surface area contributed by atoms with Crippen LogP contribution in [0, 0.1) is 6.92 Å². The van der Waals surface area contributed by atoms with Crippen LogP contribution in [-0.2, 0) is 26.2 Å². The van der Waals surface area contributed by atoms with Crippen molar-refractivity contribution in [3.8, 4) is 0 Å². The molecular weight excluding hydrogens is 545 g/mol. The maximum Gasteiger partial charge on any atom is 0.264 e. The lowest BCUT2D eigenvalue weighted by Gasteiger charge is -2.32. The smallest absolute Gasteiger partial charge is 0.264 e. The van der Waals surface area contributed by atoms with Crippen molar-refractivity contribution in [2.24, 2.45) is 0 Å². The Kier molecular flexibility index (Phi) is 10.2.